The Morgan fingerprint density at radius 1 is 1.50 bits per heavy atom. The summed E-state index contributed by atoms with van der Waals surface area (Å²) in [4.78, 5) is 14.0. The number of aromatic nitrogens is 2. The van der Waals surface area contributed by atoms with Crippen molar-refractivity contribution >= 4 is 11.7 Å². The normalized spacial score (nSPS) is 20.7. The van der Waals surface area contributed by atoms with Gasteiger partial charge in [0.15, 0.2) is 0 Å². The highest BCUT2D eigenvalue weighted by Crippen LogP contribution is 2.17. The van der Waals surface area contributed by atoms with Crippen LogP contribution in [0.1, 0.15) is 25.7 Å². The molecule has 0 aliphatic carbocycles. The molecule has 1 aromatic rings. The summed E-state index contributed by atoms with van der Waals surface area (Å²) in [5.41, 5.74) is 5.51. The number of rotatable bonds is 3. The molecule has 1 saturated heterocycles. The van der Waals surface area contributed by atoms with E-state index in [2.05, 4.69) is 5.10 Å². The molecule has 2 heterocycles. The molecule has 0 aromatic carbocycles. The second-order valence-corrected chi connectivity index (χ2v) is 4.71. The van der Waals surface area contributed by atoms with Crippen LogP contribution in [0.4, 0.5) is 5.82 Å². The molecular formula is C12H20N4O2. The zero-order valence-electron chi connectivity index (χ0n) is 10.5. The van der Waals surface area contributed by atoms with E-state index in [1.807, 2.05) is 0 Å². The first-order valence-corrected chi connectivity index (χ1v) is 6.40. The fourth-order valence-corrected chi connectivity index (χ4v) is 2.39. The third-order valence-electron chi connectivity index (χ3n) is 3.37. The molecule has 1 aliphatic heterocycles. The largest absolute Gasteiger partial charge is 0.394 e. The number of nitrogens with zero attached hydrogens (tertiary/aromatic N) is 3. The summed E-state index contributed by atoms with van der Waals surface area (Å²) in [7, 11) is 0. The lowest BCUT2D eigenvalue weighted by molar-refractivity contribution is -0.135. The number of amides is 1. The van der Waals surface area contributed by atoms with Gasteiger partial charge < -0.3 is 15.7 Å². The average molecular weight is 252 g/mol. The molecule has 6 nitrogen and oxygen atoms in total. The average Bonchev–Trinajstić information content (AvgIpc) is 2.65. The lowest BCUT2D eigenvalue weighted by atomic mass is 10.1. The molecule has 1 aliphatic rings. The van der Waals surface area contributed by atoms with Gasteiger partial charge in [0.05, 0.1) is 12.6 Å². The highest BCUT2D eigenvalue weighted by molar-refractivity contribution is 5.76. The van der Waals surface area contributed by atoms with E-state index in [9.17, 15) is 9.90 Å². The summed E-state index contributed by atoms with van der Waals surface area (Å²) in [6.45, 7) is 0.946. The van der Waals surface area contributed by atoms with Crippen LogP contribution in [-0.2, 0) is 11.3 Å². The van der Waals surface area contributed by atoms with E-state index in [1.165, 1.54) is 4.68 Å². The van der Waals surface area contributed by atoms with E-state index in [0.29, 0.717) is 5.82 Å². The van der Waals surface area contributed by atoms with Crippen LogP contribution in [0.25, 0.3) is 0 Å². The smallest absolute Gasteiger partial charge is 0.244 e. The molecule has 1 amide bonds. The molecule has 0 radical (unpaired) electrons. The number of carbonyl (C=O) groups is 1. The van der Waals surface area contributed by atoms with E-state index in [-0.39, 0.29) is 25.1 Å². The van der Waals surface area contributed by atoms with Gasteiger partial charge in [-0.25, -0.2) is 0 Å². The van der Waals surface area contributed by atoms with Crippen LogP contribution in [0.3, 0.4) is 0 Å². The van der Waals surface area contributed by atoms with Gasteiger partial charge in [-0.2, -0.15) is 5.10 Å². The van der Waals surface area contributed by atoms with Gasteiger partial charge >= 0.3 is 0 Å². The van der Waals surface area contributed by atoms with Crippen molar-refractivity contribution < 1.29 is 9.90 Å². The fourth-order valence-electron chi connectivity index (χ4n) is 2.39. The monoisotopic (exact) mass is 252 g/mol. The Bertz CT molecular complexity index is 405. The predicted octanol–water partition coefficient (Wildman–Crippen LogP) is 0.229. The fraction of sp³-hybridized carbons (Fsp3) is 0.667. The summed E-state index contributed by atoms with van der Waals surface area (Å²) in [5, 5.41) is 13.4. The number of nitrogens with two attached hydrogens (primary N) is 1. The molecule has 0 spiro atoms. The minimum Gasteiger partial charge on any atom is -0.394 e. The van der Waals surface area contributed by atoms with Crippen LogP contribution < -0.4 is 5.73 Å². The number of carbonyl (C=O) groups excluding carboxylic acids is 1. The number of hydrogen-bond acceptors (Lipinski definition) is 4. The third-order valence-corrected chi connectivity index (χ3v) is 3.37. The van der Waals surface area contributed by atoms with E-state index < -0.39 is 0 Å². The summed E-state index contributed by atoms with van der Waals surface area (Å²) in [5.74, 6) is 0.413. The zero-order chi connectivity index (χ0) is 13.0. The van der Waals surface area contributed by atoms with Gasteiger partial charge in [-0.1, -0.05) is 12.8 Å². The third kappa shape index (κ3) is 3.01. The van der Waals surface area contributed by atoms with Crippen LogP contribution in [0, 0.1) is 0 Å². The van der Waals surface area contributed by atoms with Crippen molar-refractivity contribution in [3.05, 3.63) is 12.3 Å². The molecule has 18 heavy (non-hydrogen) atoms. The van der Waals surface area contributed by atoms with E-state index >= 15 is 0 Å². The standard InChI is InChI=1S/C12H20N4O2/c13-11-5-7-15(14-11)8-12(18)16-6-3-1-2-4-10(16)9-17/h5,7,10,17H,1-4,6,8-9H2,(H2,13,14). The van der Waals surface area contributed by atoms with Crippen molar-refractivity contribution in [3.8, 4) is 0 Å². The van der Waals surface area contributed by atoms with Gasteiger partial charge in [0.1, 0.15) is 12.4 Å². The lowest BCUT2D eigenvalue weighted by Crippen LogP contribution is -2.43. The van der Waals surface area contributed by atoms with Crippen LogP contribution >= 0.6 is 0 Å². The molecule has 1 atom stereocenters. The summed E-state index contributed by atoms with van der Waals surface area (Å²) in [6.07, 6.45) is 5.77. The molecule has 1 aromatic heterocycles. The van der Waals surface area contributed by atoms with Gasteiger partial charge in [-0.05, 0) is 18.9 Å². The molecule has 100 valence electrons. The Morgan fingerprint density at radius 3 is 3.00 bits per heavy atom. The van der Waals surface area contributed by atoms with Gasteiger partial charge in [0, 0.05) is 12.7 Å². The zero-order valence-corrected chi connectivity index (χ0v) is 10.5. The minimum absolute atomic E-state index is 0.000880. The first-order valence-electron chi connectivity index (χ1n) is 6.40. The van der Waals surface area contributed by atoms with Gasteiger partial charge in [-0.15, -0.1) is 0 Å². The van der Waals surface area contributed by atoms with Gasteiger partial charge in [-0.3, -0.25) is 9.48 Å². The van der Waals surface area contributed by atoms with Gasteiger partial charge in [0.2, 0.25) is 5.91 Å². The van der Waals surface area contributed by atoms with Crippen LogP contribution in [-0.4, -0.2) is 44.9 Å². The highest BCUT2D eigenvalue weighted by atomic mass is 16.3. The quantitative estimate of drug-likeness (QED) is 0.806. The van der Waals surface area contributed by atoms with Crippen molar-refractivity contribution in [3.63, 3.8) is 0 Å². The number of aliphatic hydroxyl groups is 1. The Balaban J connectivity index is 2.01. The molecule has 0 saturated carbocycles. The Labute approximate surface area is 106 Å². The number of likely N-dealkylation sites (tertiary alicyclic amines) is 1. The molecule has 0 bridgehead atoms. The first kappa shape index (κ1) is 12.9. The summed E-state index contributed by atoms with van der Waals surface area (Å²) >= 11 is 0. The van der Waals surface area contributed by atoms with Crippen molar-refractivity contribution in [2.24, 2.45) is 0 Å². The number of nitrogen functional groups attached to an aromatic ring is 1. The molecule has 2 rings (SSSR count). The number of anilines is 1. The van der Waals surface area contributed by atoms with E-state index in [4.69, 9.17) is 5.73 Å². The summed E-state index contributed by atoms with van der Waals surface area (Å²) in [6, 6.07) is 1.62. The predicted molar refractivity (Wildman–Crippen MR) is 67.7 cm³/mol. The van der Waals surface area contributed by atoms with Crippen LogP contribution in [0.5, 0.6) is 0 Å². The van der Waals surface area contributed by atoms with Crippen molar-refractivity contribution in [1.29, 1.82) is 0 Å². The number of hydrogen-bond donors (Lipinski definition) is 2. The minimum atomic E-state index is -0.0482. The van der Waals surface area contributed by atoms with Crippen molar-refractivity contribution in [1.82, 2.24) is 14.7 Å². The number of aliphatic hydroxyl groups excluding tert-OH is 1. The van der Waals surface area contributed by atoms with Crippen LogP contribution in [0.2, 0.25) is 0 Å². The Morgan fingerprint density at radius 2 is 2.33 bits per heavy atom. The second kappa shape index (κ2) is 5.86. The second-order valence-electron chi connectivity index (χ2n) is 4.71. The lowest BCUT2D eigenvalue weighted by Gasteiger charge is -2.28. The van der Waals surface area contributed by atoms with Crippen molar-refractivity contribution in [2.75, 3.05) is 18.9 Å². The Kier molecular flexibility index (Phi) is 4.19. The van der Waals surface area contributed by atoms with E-state index in [1.54, 1.807) is 17.2 Å². The maximum atomic E-state index is 12.2. The topological polar surface area (TPSA) is 84.4 Å². The molecule has 1 fully saturated rings. The Hall–Kier alpha value is -1.56. The molecule has 1 unspecified atom stereocenters. The summed E-state index contributed by atoms with van der Waals surface area (Å²) < 4.78 is 1.54. The first-order chi connectivity index (χ1) is 8.70. The SMILES string of the molecule is Nc1ccn(CC(=O)N2CCCCCC2CO)n1. The maximum Gasteiger partial charge on any atom is 0.244 e. The van der Waals surface area contributed by atoms with Crippen molar-refractivity contribution in [2.45, 2.75) is 38.3 Å². The highest BCUT2D eigenvalue weighted by Gasteiger charge is 2.24. The molecule has 3 N–H and O–H groups in total. The van der Waals surface area contributed by atoms with Crippen LogP contribution in [0.15, 0.2) is 12.3 Å². The molecule has 6 heteroatoms. The maximum absolute atomic E-state index is 12.2. The van der Waals surface area contributed by atoms with Gasteiger partial charge in [0.25, 0.3) is 0 Å². The molecular weight excluding hydrogens is 232 g/mol. The van der Waals surface area contributed by atoms with E-state index in [0.717, 1.165) is 32.2 Å².